The first-order valence-corrected chi connectivity index (χ1v) is 11.9. The third-order valence-corrected chi connectivity index (χ3v) is 5.99. The molecule has 1 fully saturated rings. The van der Waals surface area contributed by atoms with Crippen LogP contribution in [0.5, 0.6) is 11.5 Å². The van der Waals surface area contributed by atoms with Crippen molar-refractivity contribution in [2.24, 2.45) is 0 Å². The van der Waals surface area contributed by atoms with Crippen LogP contribution in [0, 0.1) is 0 Å². The van der Waals surface area contributed by atoms with Crippen LogP contribution in [0.1, 0.15) is 18.1 Å². The van der Waals surface area contributed by atoms with E-state index in [1.165, 1.54) is 6.08 Å². The minimum Gasteiger partial charge on any atom is -0.494 e. The number of imide groups is 2. The number of ether oxygens (including phenoxy) is 2. The van der Waals surface area contributed by atoms with E-state index >= 15 is 0 Å². The normalized spacial score (nSPS) is 14.7. The van der Waals surface area contributed by atoms with Crippen LogP contribution in [0.25, 0.3) is 16.8 Å². The predicted octanol–water partition coefficient (Wildman–Crippen LogP) is 5.48. The predicted molar refractivity (Wildman–Crippen MR) is 141 cm³/mol. The zero-order valence-electron chi connectivity index (χ0n) is 20.1. The van der Waals surface area contributed by atoms with Gasteiger partial charge >= 0.3 is 6.03 Å². The van der Waals surface area contributed by atoms with Crippen molar-refractivity contribution in [3.8, 4) is 11.5 Å². The van der Waals surface area contributed by atoms with Gasteiger partial charge in [-0.05, 0) is 59.7 Å². The molecule has 37 heavy (non-hydrogen) atoms. The van der Waals surface area contributed by atoms with Gasteiger partial charge in [-0.15, -0.1) is 0 Å². The van der Waals surface area contributed by atoms with Gasteiger partial charge in [-0.3, -0.25) is 14.9 Å². The highest BCUT2D eigenvalue weighted by Crippen LogP contribution is 2.28. The lowest BCUT2D eigenvalue weighted by atomic mass is 10.0. The molecular weight excluding hydrogens is 468 g/mol. The van der Waals surface area contributed by atoms with Gasteiger partial charge in [-0.2, -0.15) is 0 Å². The molecule has 1 saturated heterocycles. The molecule has 0 aliphatic carbocycles. The second kappa shape index (κ2) is 10.4. The standard InChI is InChI=1S/C30H24N2O5/c1-2-36-24-16-14-23(15-17-24)32-29(34)26(28(33)31-30(32)35)18-21-9-4-6-13-27(21)37-19-22-11-7-10-20-8-3-5-12-25(20)22/h3-18H,2,19H2,1H3,(H,31,33,35)/b26-18+. The van der Waals surface area contributed by atoms with Gasteiger partial charge in [0.1, 0.15) is 23.7 Å². The zero-order chi connectivity index (χ0) is 25.8. The van der Waals surface area contributed by atoms with Gasteiger partial charge in [0, 0.05) is 5.56 Å². The van der Waals surface area contributed by atoms with E-state index in [0.717, 1.165) is 21.2 Å². The number of hydrogen-bond acceptors (Lipinski definition) is 5. The van der Waals surface area contributed by atoms with E-state index in [2.05, 4.69) is 5.32 Å². The second-order valence-corrected chi connectivity index (χ2v) is 8.35. The average molecular weight is 493 g/mol. The van der Waals surface area contributed by atoms with Gasteiger partial charge in [0.15, 0.2) is 0 Å². The Balaban J connectivity index is 1.42. The molecule has 184 valence electrons. The van der Waals surface area contributed by atoms with Crippen LogP contribution in [0.15, 0.2) is 96.6 Å². The van der Waals surface area contributed by atoms with Crippen LogP contribution in [0.4, 0.5) is 10.5 Å². The number of anilines is 1. The lowest BCUT2D eigenvalue weighted by Gasteiger charge is -2.26. The van der Waals surface area contributed by atoms with E-state index in [4.69, 9.17) is 9.47 Å². The highest BCUT2D eigenvalue weighted by Gasteiger charge is 2.37. The average Bonchev–Trinajstić information content (AvgIpc) is 2.91. The van der Waals surface area contributed by atoms with Crippen molar-refractivity contribution >= 4 is 40.4 Å². The highest BCUT2D eigenvalue weighted by molar-refractivity contribution is 6.39. The van der Waals surface area contributed by atoms with Gasteiger partial charge < -0.3 is 9.47 Å². The minimum absolute atomic E-state index is 0.172. The van der Waals surface area contributed by atoms with Crippen LogP contribution >= 0.6 is 0 Å². The van der Waals surface area contributed by atoms with Crippen molar-refractivity contribution in [1.29, 1.82) is 0 Å². The molecule has 1 aliphatic rings. The number of barbiturate groups is 1. The van der Waals surface area contributed by atoms with Crippen LogP contribution in [0.3, 0.4) is 0 Å². The summed E-state index contributed by atoms with van der Waals surface area (Å²) in [7, 11) is 0. The summed E-state index contributed by atoms with van der Waals surface area (Å²) < 4.78 is 11.6. The van der Waals surface area contributed by atoms with E-state index in [1.54, 1.807) is 42.5 Å². The molecule has 4 aromatic carbocycles. The third-order valence-electron chi connectivity index (χ3n) is 5.99. The molecule has 4 aromatic rings. The number of carbonyl (C=O) groups is 3. The minimum atomic E-state index is -0.809. The van der Waals surface area contributed by atoms with Gasteiger partial charge in [-0.1, -0.05) is 60.7 Å². The summed E-state index contributed by atoms with van der Waals surface area (Å²) in [6.07, 6.45) is 1.45. The number of para-hydroxylation sites is 1. The number of benzene rings is 4. The largest absolute Gasteiger partial charge is 0.494 e. The zero-order valence-corrected chi connectivity index (χ0v) is 20.1. The van der Waals surface area contributed by atoms with Crippen LogP contribution < -0.4 is 19.7 Å². The van der Waals surface area contributed by atoms with Gasteiger partial charge in [0.2, 0.25) is 0 Å². The fourth-order valence-corrected chi connectivity index (χ4v) is 4.21. The number of hydrogen-bond donors (Lipinski definition) is 1. The van der Waals surface area contributed by atoms with Crippen LogP contribution in [-0.4, -0.2) is 24.5 Å². The number of amides is 4. The van der Waals surface area contributed by atoms with Crippen molar-refractivity contribution in [3.05, 3.63) is 108 Å². The fourth-order valence-electron chi connectivity index (χ4n) is 4.21. The molecule has 1 N–H and O–H groups in total. The van der Waals surface area contributed by atoms with Crippen LogP contribution in [0.2, 0.25) is 0 Å². The molecule has 1 heterocycles. The summed E-state index contributed by atoms with van der Waals surface area (Å²) in [5, 5.41) is 4.46. The summed E-state index contributed by atoms with van der Waals surface area (Å²) in [6.45, 7) is 2.66. The molecule has 0 atom stereocenters. The van der Waals surface area contributed by atoms with Crippen molar-refractivity contribution < 1.29 is 23.9 Å². The number of urea groups is 1. The van der Waals surface area contributed by atoms with Gasteiger partial charge in [0.05, 0.1) is 12.3 Å². The Labute approximate surface area is 213 Å². The summed E-state index contributed by atoms with van der Waals surface area (Å²) in [6, 6.07) is 26.9. The van der Waals surface area contributed by atoms with E-state index in [-0.39, 0.29) is 5.57 Å². The molecule has 0 spiro atoms. The second-order valence-electron chi connectivity index (χ2n) is 8.35. The Morgan fingerprint density at radius 3 is 2.35 bits per heavy atom. The summed E-state index contributed by atoms with van der Waals surface area (Å²) in [5.74, 6) is -0.365. The summed E-state index contributed by atoms with van der Waals surface area (Å²) >= 11 is 0. The first kappa shape index (κ1) is 23.8. The maximum atomic E-state index is 13.3. The Kier molecular flexibility index (Phi) is 6.68. The number of nitrogens with one attached hydrogen (secondary N) is 1. The van der Waals surface area contributed by atoms with Crippen LogP contribution in [-0.2, 0) is 16.2 Å². The number of nitrogens with zero attached hydrogens (tertiary/aromatic N) is 1. The maximum Gasteiger partial charge on any atom is 0.335 e. The molecule has 1 aliphatic heterocycles. The first-order valence-electron chi connectivity index (χ1n) is 11.9. The lowest BCUT2D eigenvalue weighted by Crippen LogP contribution is -2.54. The third kappa shape index (κ3) is 4.92. The molecule has 4 amide bonds. The molecule has 0 saturated carbocycles. The van der Waals surface area contributed by atoms with Crippen molar-refractivity contribution in [1.82, 2.24) is 5.32 Å². The highest BCUT2D eigenvalue weighted by atomic mass is 16.5. The SMILES string of the molecule is CCOc1ccc(N2C(=O)NC(=O)/C(=C\c3ccccc3OCc3cccc4ccccc34)C2=O)cc1. The van der Waals surface area contributed by atoms with E-state index in [1.807, 2.05) is 55.5 Å². The fraction of sp³-hybridized carbons (Fsp3) is 0.100. The Bertz CT molecular complexity index is 1520. The van der Waals surface area contributed by atoms with Gasteiger partial charge in [0.25, 0.3) is 11.8 Å². The Morgan fingerprint density at radius 2 is 1.54 bits per heavy atom. The molecule has 0 aromatic heterocycles. The number of rotatable bonds is 7. The van der Waals surface area contributed by atoms with E-state index in [0.29, 0.717) is 36.0 Å². The van der Waals surface area contributed by atoms with Crippen molar-refractivity contribution in [2.45, 2.75) is 13.5 Å². The maximum absolute atomic E-state index is 13.3. The molecule has 7 nitrogen and oxygen atoms in total. The summed E-state index contributed by atoms with van der Waals surface area (Å²) in [4.78, 5) is 39.4. The molecule has 0 radical (unpaired) electrons. The topological polar surface area (TPSA) is 84.9 Å². The molecule has 7 heteroatoms. The molecule has 5 rings (SSSR count). The Hall–Kier alpha value is -4.91. The number of fused-ring (bicyclic) bond motifs is 1. The molecule has 0 unspecified atom stereocenters. The molecule has 0 bridgehead atoms. The summed E-state index contributed by atoms with van der Waals surface area (Å²) in [5.41, 5.74) is 1.71. The Morgan fingerprint density at radius 1 is 0.811 bits per heavy atom. The number of carbonyl (C=O) groups excluding carboxylic acids is 3. The van der Waals surface area contributed by atoms with Gasteiger partial charge in [-0.25, -0.2) is 9.69 Å². The smallest absolute Gasteiger partial charge is 0.335 e. The lowest BCUT2D eigenvalue weighted by molar-refractivity contribution is -0.122. The van der Waals surface area contributed by atoms with Crippen molar-refractivity contribution in [2.75, 3.05) is 11.5 Å². The van der Waals surface area contributed by atoms with Crippen molar-refractivity contribution in [3.63, 3.8) is 0 Å². The monoisotopic (exact) mass is 492 g/mol. The van der Waals surface area contributed by atoms with E-state index < -0.39 is 17.8 Å². The first-order chi connectivity index (χ1) is 18.0. The quantitative estimate of drug-likeness (QED) is 0.273. The molecular formula is C30H24N2O5. The van der Waals surface area contributed by atoms with E-state index in [9.17, 15) is 14.4 Å².